The molecular formula is C20H18ClN3O5S2. The summed E-state index contributed by atoms with van der Waals surface area (Å²) in [5.41, 5.74) is 0.575. The molecule has 2 N–H and O–H groups in total. The number of aromatic amines is 1. The van der Waals surface area contributed by atoms with Crippen molar-refractivity contribution < 1.29 is 17.9 Å². The van der Waals surface area contributed by atoms with Crippen LogP contribution < -0.4 is 15.6 Å². The van der Waals surface area contributed by atoms with Crippen LogP contribution in [-0.4, -0.2) is 37.2 Å². The van der Waals surface area contributed by atoms with Crippen LogP contribution in [0.3, 0.4) is 0 Å². The molecule has 1 heterocycles. The van der Waals surface area contributed by atoms with E-state index in [1.807, 2.05) is 6.92 Å². The third kappa shape index (κ3) is 5.46. The Bertz CT molecular complexity index is 1270. The van der Waals surface area contributed by atoms with Gasteiger partial charge in [-0.3, -0.25) is 9.59 Å². The van der Waals surface area contributed by atoms with E-state index < -0.39 is 20.3 Å². The number of sulfone groups is 1. The predicted molar refractivity (Wildman–Crippen MR) is 119 cm³/mol. The third-order valence-electron chi connectivity index (χ3n) is 4.14. The average Bonchev–Trinajstić information content (AvgIpc) is 2.72. The van der Waals surface area contributed by atoms with Gasteiger partial charge >= 0.3 is 0 Å². The molecule has 1 amide bonds. The van der Waals surface area contributed by atoms with Crippen molar-refractivity contribution in [3.05, 3.63) is 69.6 Å². The first-order chi connectivity index (χ1) is 14.7. The number of nitrogens with zero attached hydrogens (tertiary/aromatic N) is 1. The van der Waals surface area contributed by atoms with Gasteiger partial charge in [-0.25, -0.2) is 13.4 Å². The lowest BCUT2D eigenvalue weighted by molar-refractivity contribution is -0.113. The van der Waals surface area contributed by atoms with Crippen LogP contribution in [0.2, 0.25) is 5.02 Å². The van der Waals surface area contributed by atoms with Gasteiger partial charge in [0.05, 0.1) is 29.0 Å². The van der Waals surface area contributed by atoms with Gasteiger partial charge in [-0.1, -0.05) is 41.1 Å². The Morgan fingerprint density at radius 2 is 1.94 bits per heavy atom. The lowest BCUT2D eigenvalue weighted by atomic mass is 10.2. The Balaban J connectivity index is 1.68. The van der Waals surface area contributed by atoms with E-state index in [2.05, 4.69) is 15.3 Å². The molecule has 0 aliphatic heterocycles. The van der Waals surface area contributed by atoms with E-state index in [9.17, 15) is 18.0 Å². The number of thioether (sulfide) groups is 1. The van der Waals surface area contributed by atoms with E-state index in [0.29, 0.717) is 16.5 Å². The van der Waals surface area contributed by atoms with Gasteiger partial charge in [0, 0.05) is 5.69 Å². The zero-order valence-corrected chi connectivity index (χ0v) is 18.9. The second-order valence-electron chi connectivity index (χ2n) is 6.38. The minimum Gasteiger partial charge on any atom is -0.495 e. The molecule has 0 aliphatic rings. The van der Waals surface area contributed by atoms with Crippen molar-refractivity contribution in [1.82, 2.24) is 9.97 Å². The van der Waals surface area contributed by atoms with Crippen molar-refractivity contribution in [3.63, 3.8) is 0 Å². The van der Waals surface area contributed by atoms with E-state index in [1.54, 1.807) is 30.3 Å². The summed E-state index contributed by atoms with van der Waals surface area (Å²) in [5.74, 6) is 0.0677. The summed E-state index contributed by atoms with van der Waals surface area (Å²) in [6.45, 7) is 1.83. The number of hydrogen-bond donors (Lipinski definition) is 2. The summed E-state index contributed by atoms with van der Waals surface area (Å²) in [4.78, 5) is 30.4. The monoisotopic (exact) mass is 479 g/mol. The number of rotatable bonds is 7. The van der Waals surface area contributed by atoms with Gasteiger partial charge in [0.15, 0.2) is 10.1 Å². The molecule has 2 aromatic carbocycles. The molecule has 0 saturated heterocycles. The molecule has 0 atom stereocenters. The number of ether oxygens (including phenoxy) is 1. The molecule has 0 aliphatic carbocycles. The van der Waals surface area contributed by atoms with Gasteiger partial charge in [0.2, 0.25) is 15.7 Å². The number of aryl methyl sites for hydroxylation is 1. The van der Waals surface area contributed by atoms with E-state index in [0.717, 1.165) is 23.5 Å². The Kier molecular flexibility index (Phi) is 7.04. The largest absolute Gasteiger partial charge is 0.495 e. The molecule has 0 saturated carbocycles. The zero-order valence-electron chi connectivity index (χ0n) is 16.5. The van der Waals surface area contributed by atoms with E-state index in [1.165, 1.54) is 19.2 Å². The number of carbonyl (C=O) groups is 1. The summed E-state index contributed by atoms with van der Waals surface area (Å²) >= 11 is 6.99. The van der Waals surface area contributed by atoms with Crippen molar-refractivity contribution in [2.45, 2.75) is 21.9 Å². The number of H-pyrrole nitrogens is 1. The molecule has 0 spiro atoms. The smallest absolute Gasteiger partial charge is 0.270 e. The number of aromatic nitrogens is 2. The molecule has 0 fully saturated rings. The van der Waals surface area contributed by atoms with Gasteiger partial charge in [0.1, 0.15) is 5.75 Å². The summed E-state index contributed by atoms with van der Waals surface area (Å²) in [7, 11) is -2.52. The Hall–Kier alpha value is -2.82. The Morgan fingerprint density at radius 3 is 2.55 bits per heavy atom. The van der Waals surface area contributed by atoms with Crippen LogP contribution in [0.5, 0.6) is 5.75 Å². The molecular weight excluding hydrogens is 462 g/mol. The number of nitrogens with one attached hydrogen (secondary N) is 2. The van der Waals surface area contributed by atoms with Crippen molar-refractivity contribution in [3.8, 4) is 5.75 Å². The third-order valence-corrected chi connectivity index (χ3v) is 7.09. The van der Waals surface area contributed by atoms with Gasteiger partial charge in [-0.15, -0.1) is 0 Å². The number of anilines is 1. The van der Waals surface area contributed by atoms with Crippen LogP contribution in [0.25, 0.3) is 0 Å². The minimum absolute atomic E-state index is 0.00309. The highest BCUT2D eigenvalue weighted by Gasteiger charge is 2.22. The summed E-state index contributed by atoms with van der Waals surface area (Å²) in [5, 5.41) is 3.14. The van der Waals surface area contributed by atoms with Crippen LogP contribution in [0.4, 0.5) is 5.69 Å². The van der Waals surface area contributed by atoms with Crippen molar-refractivity contribution in [1.29, 1.82) is 0 Å². The quantitative estimate of drug-likeness (QED) is 0.394. The van der Waals surface area contributed by atoms with Crippen LogP contribution in [0.1, 0.15) is 5.56 Å². The maximum atomic E-state index is 12.7. The lowest BCUT2D eigenvalue weighted by Gasteiger charge is -2.08. The van der Waals surface area contributed by atoms with Gasteiger partial charge in [0.25, 0.3) is 5.56 Å². The molecule has 0 bridgehead atoms. The maximum Gasteiger partial charge on any atom is 0.270 e. The number of methoxy groups -OCH3 is 1. The van der Waals surface area contributed by atoms with E-state index in [4.69, 9.17) is 16.3 Å². The van der Waals surface area contributed by atoms with Gasteiger partial charge in [-0.2, -0.15) is 0 Å². The van der Waals surface area contributed by atoms with Crippen molar-refractivity contribution >= 4 is 44.8 Å². The second-order valence-corrected chi connectivity index (χ2v) is 9.67. The molecule has 11 heteroatoms. The molecule has 0 unspecified atom stereocenters. The second kappa shape index (κ2) is 9.54. The Morgan fingerprint density at radius 1 is 1.23 bits per heavy atom. The van der Waals surface area contributed by atoms with Crippen molar-refractivity contribution in [2.75, 3.05) is 18.2 Å². The van der Waals surface area contributed by atoms with Crippen LogP contribution in [-0.2, 0) is 14.6 Å². The van der Waals surface area contributed by atoms with Crippen LogP contribution >= 0.6 is 23.4 Å². The van der Waals surface area contributed by atoms with Crippen molar-refractivity contribution in [2.24, 2.45) is 0 Å². The first kappa shape index (κ1) is 22.9. The summed E-state index contributed by atoms with van der Waals surface area (Å²) in [6, 6.07) is 11.0. The highest BCUT2D eigenvalue weighted by atomic mass is 35.5. The molecule has 31 heavy (non-hydrogen) atoms. The number of hydrogen-bond acceptors (Lipinski definition) is 7. The summed E-state index contributed by atoms with van der Waals surface area (Å²) < 4.78 is 30.4. The Labute approximate surface area is 187 Å². The molecule has 8 nitrogen and oxygen atoms in total. The first-order valence-electron chi connectivity index (χ1n) is 8.88. The lowest BCUT2D eigenvalue weighted by Crippen LogP contribution is -2.20. The topological polar surface area (TPSA) is 118 Å². The molecule has 3 aromatic rings. The molecule has 3 rings (SSSR count). The normalized spacial score (nSPS) is 11.2. The molecule has 162 valence electrons. The van der Waals surface area contributed by atoms with E-state index >= 15 is 0 Å². The highest BCUT2D eigenvalue weighted by molar-refractivity contribution is 7.99. The predicted octanol–water partition coefficient (Wildman–Crippen LogP) is 3.30. The first-order valence-corrected chi connectivity index (χ1v) is 11.7. The molecule has 1 aromatic heterocycles. The fourth-order valence-corrected chi connectivity index (χ4v) is 4.68. The number of halogens is 1. The maximum absolute atomic E-state index is 12.7. The van der Waals surface area contributed by atoms with Gasteiger partial charge < -0.3 is 15.0 Å². The van der Waals surface area contributed by atoms with E-state index in [-0.39, 0.29) is 21.7 Å². The summed E-state index contributed by atoms with van der Waals surface area (Å²) in [6.07, 6.45) is 0.998. The average molecular weight is 480 g/mol. The highest BCUT2D eigenvalue weighted by Crippen LogP contribution is 2.27. The zero-order chi connectivity index (χ0) is 22.6. The fraction of sp³-hybridized carbons (Fsp3) is 0.150. The number of carbonyl (C=O) groups excluding carboxylic acids is 1. The number of amides is 1. The standard InChI is InChI=1S/C20H18ClN3O5S2/c1-12-3-6-14(7-4-12)31(27,28)17-10-22-20(24-19(17)26)30-11-18(25)23-13-5-8-16(29-2)15(21)9-13/h3-10H,11H2,1-2H3,(H,23,25)(H,22,24,26). The molecule has 0 radical (unpaired) electrons. The minimum atomic E-state index is -4.00. The number of benzene rings is 2. The SMILES string of the molecule is COc1ccc(NC(=O)CSc2ncc(S(=O)(=O)c3ccc(C)cc3)c(=O)[nH]2)cc1Cl. The van der Waals surface area contributed by atoms with Gasteiger partial charge in [-0.05, 0) is 37.3 Å². The van der Waals surface area contributed by atoms with Crippen LogP contribution in [0, 0.1) is 6.92 Å². The van der Waals surface area contributed by atoms with Crippen LogP contribution in [0.15, 0.2) is 68.4 Å². The fourth-order valence-electron chi connectivity index (χ4n) is 2.55.